The van der Waals surface area contributed by atoms with E-state index in [9.17, 15) is 4.79 Å². The fourth-order valence-corrected chi connectivity index (χ4v) is 5.96. The van der Waals surface area contributed by atoms with Gasteiger partial charge in [0.25, 0.3) is 0 Å². The Labute approximate surface area is 157 Å². The molecule has 27 heavy (non-hydrogen) atoms. The summed E-state index contributed by atoms with van der Waals surface area (Å²) in [6.07, 6.45) is 11.4. The molecule has 0 spiro atoms. The highest BCUT2D eigenvalue weighted by atomic mass is 16.2. The predicted octanol–water partition coefficient (Wildman–Crippen LogP) is 1.05. The number of rotatable bonds is 5. The topological polar surface area (TPSA) is 111 Å². The average molecular weight is 368 g/mol. The molecule has 4 atom stereocenters. The van der Waals surface area contributed by atoms with Gasteiger partial charge in [-0.15, -0.1) is 10.2 Å². The zero-order valence-corrected chi connectivity index (χ0v) is 15.4. The highest BCUT2D eigenvalue weighted by Gasteiger charge is 2.59. The van der Waals surface area contributed by atoms with Crippen LogP contribution in [0.4, 0.5) is 5.82 Å². The Bertz CT molecular complexity index is 836. The number of amides is 1. The van der Waals surface area contributed by atoms with E-state index in [0.29, 0.717) is 17.7 Å². The molecule has 4 aliphatic carbocycles. The van der Waals surface area contributed by atoms with Gasteiger partial charge in [-0.1, -0.05) is 0 Å². The van der Waals surface area contributed by atoms with Crippen LogP contribution in [-0.2, 0) is 10.3 Å². The van der Waals surface area contributed by atoms with Crippen molar-refractivity contribution in [2.45, 2.75) is 56.5 Å². The smallest absolute Gasteiger partial charge is 0.239 e. The van der Waals surface area contributed by atoms with Gasteiger partial charge in [-0.3, -0.25) is 9.78 Å². The van der Waals surface area contributed by atoms with Crippen LogP contribution in [0.5, 0.6) is 0 Å². The van der Waals surface area contributed by atoms with Crippen LogP contribution in [0.1, 0.15) is 44.3 Å². The van der Waals surface area contributed by atoms with E-state index in [1.807, 2.05) is 11.7 Å². The Balaban J connectivity index is 1.31. The van der Waals surface area contributed by atoms with E-state index in [1.165, 1.54) is 6.42 Å². The van der Waals surface area contributed by atoms with Gasteiger partial charge in [-0.05, 0) is 62.5 Å². The molecule has 4 saturated carbocycles. The molecule has 6 rings (SSSR count). The number of aromatic nitrogens is 6. The minimum Gasteiger partial charge on any atom is -0.308 e. The Morgan fingerprint density at radius 2 is 2.07 bits per heavy atom. The lowest BCUT2D eigenvalue weighted by atomic mass is 9.50. The van der Waals surface area contributed by atoms with Crippen LogP contribution in [0.3, 0.4) is 0 Å². The zero-order chi connectivity index (χ0) is 18.5. The number of hydrogen-bond acceptors (Lipinski definition) is 7. The Kier molecular flexibility index (Phi) is 3.75. The molecule has 2 heterocycles. The summed E-state index contributed by atoms with van der Waals surface area (Å²) in [4.78, 5) is 22.3. The second-order valence-electron chi connectivity index (χ2n) is 8.58. The summed E-state index contributed by atoms with van der Waals surface area (Å²) in [6.45, 7) is 2.16. The van der Waals surface area contributed by atoms with Crippen molar-refractivity contribution >= 4 is 11.7 Å². The molecule has 0 saturated heterocycles. The number of anilines is 1. The van der Waals surface area contributed by atoms with Gasteiger partial charge in [0.1, 0.15) is 0 Å². The normalized spacial score (nSPS) is 34.0. The summed E-state index contributed by atoms with van der Waals surface area (Å²) in [7, 11) is 0. The van der Waals surface area contributed by atoms with Gasteiger partial charge in [-0.2, -0.15) is 4.80 Å². The third-order valence-electron chi connectivity index (χ3n) is 6.42. The Morgan fingerprint density at radius 3 is 2.74 bits per heavy atom. The van der Waals surface area contributed by atoms with Crippen molar-refractivity contribution in [1.82, 2.24) is 35.5 Å². The van der Waals surface area contributed by atoms with Gasteiger partial charge in [-0.25, -0.2) is 4.98 Å². The first-order chi connectivity index (χ1) is 13.0. The Hall–Kier alpha value is -2.42. The third-order valence-corrected chi connectivity index (χ3v) is 6.42. The van der Waals surface area contributed by atoms with E-state index < -0.39 is 0 Å². The second kappa shape index (κ2) is 6.05. The summed E-state index contributed by atoms with van der Waals surface area (Å²) < 4.78 is 0. The summed E-state index contributed by atoms with van der Waals surface area (Å²) in [5.74, 6) is 2.43. The van der Waals surface area contributed by atoms with Crippen molar-refractivity contribution in [1.29, 1.82) is 0 Å². The molecule has 9 heteroatoms. The van der Waals surface area contributed by atoms with Gasteiger partial charge in [0, 0.05) is 17.9 Å². The molecule has 1 amide bonds. The van der Waals surface area contributed by atoms with Crippen LogP contribution in [0, 0.1) is 18.8 Å². The van der Waals surface area contributed by atoms with Crippen LogP contribution < -0.4 is 10.6 Å². The molecule has 4 bridgehead atoms. The number of tetrazole rings is 1. The molecule has 2 unspecified atom stereocenters. The largest absolute Gasteiger partial charge is 0.308 e. The lowest BCUT2D eigenvalue weighted by Gasteiger charge is -2.61. The van der Waals surface area contributed by atoms with Crippen molar-refractivity contribution in [3.05, 3.63) is 24.4 Å². The SMILES string of the molecule is Cc1nnn(C23C[C@@H]4C[C@@H](CC(NCC(=O)Nc5cnccn5)(C4)C2)C3)n1. The van der Waals surface area contributed by atoms with E-state index in [1.54, 1.807) is 18.6 Å². The molecule has 4 fully saturated rings. The van der Waals surface area contributed by atoms with Gasteiger partial charge in [0.05, 0.1) is 18.3 Å². The second-order valence-corrected chi connectivity index (χ2v) is 8.58. The molecule has 2 N–H and O–H groups in total. The summed E-state index contributed by atoms with van der Waals surface area (Å²) in [6, 6.07) is 0. The minimum absolute atomic E-state index is 0.0225. The fraction of sp³-hybridized carbons (Fsp3) is 0.667. The standard InChI is InChI=1S/C18H24N8O/c1-12-23-25-26(24-12)18-7-13-4-14(8-18)6-17(5-13,11-18)21-10-16(27)22-15-9-19-2-3-20-15/h2-3,9,13-14,21H,4-8,10-11H2,1H3,(H,20,22,27)/t13-,14+,17?,18?. The number of carbonyl (C=O) groups is 1. The first kappa shape index (κ1) is 16.7. The Morgan fingerprint density at radius 1 is 1.26 bits per heavy atom. The van der Waals surface area contributed by atoms with Crippen molar-refractivity contribution < 1.29 is 4.79 Å². The molecule has 4 aliphatic rings. The van der Waals surface area contributed by atoms with Gasteiger partial charge < -0.3 is 10.6 Å². The number of nitrogens with one attached hydrogen (secondary N) is 2. The van der Waals surface area contributed by atoms with Crippen molar-refractivity contribution in [3.63, 3.8) is 0 Å². The molecule has 2 aromatic heterocycles. The zero-order valence-electron chi connectivity index (χ0n) is 15.4. The average Bonchev–Trinajstić information content (AvgIpc) is 3.07. The number of hydrogen-bond donors (Lipinski definition) is 2. The van der Waals surface area contributed by atoms with Crippen LogP contribution in [0.25, 0.3) is 0 Å². The van der Waals surface area contributed by atoms with Gasteiger partial charge in [0.15, 0.2) is 11.6 Å². The first-order valence-electron chi connectivity index (χ1n) is 9.62. The van der Waals surface area contributed by atoms with Crippen LogP contribution >= 0.6 is 0 Å². The molecule has 9 nitrogen and oxygen atoms in total. The molecule has 0 radical (unpaired) electrons. The maximum absolute atomic E-state index is 12.4. The quantitative estimate of drug-likeness (QED) is 0.811. The van der Waals surface area contributed by atoms with Crippen molar-refractivity contribution in [3.8, 4) is 0 Å². The molecule has 142 valence electrons. The number of carbonyl (C=O) groups excluding carboxylic acids is 1. The van der Waals surface area contributed by atoms with Crippen LogP contribution in [0.2, 0.25) is 0 Å². The monoisotopic (exact) mass is 368 g/mol. The van der Waals surface area contributed by atoms with E-state index >= 15 is 0 Å². The highest BCUT2D eigenvalue weighted by Crippen LogP contribution is 2.60. The molecule has 0 aromatic carbocycles. The summed E-state index contributed by atoms with van der Waals surface area (Å²) >= 11 is 0. The molecular weight excluding hydrogens is 344 g/mol. The lowest BCUT2D eigenvalue weighted by molar-refractivity contribution is -0.118. The van der Waals surface area contributed by atoms with E-state index in [0.717, 1.165) is 37.9 Å². The maximum atomic E-state index is 12.4. The fourth-order valence-electron chi connectivity index (χ4n) is 5.96. The van der Waals surface area contributed by atoms with Crippen molar-refractivity contribution in [2.24, 2.45) is 11.8 Å². The van der Waals surface area contributed by atoms with E-state index in [2.05, 4.69) is 36.0 Å². The van der Waals surface area contributed by atoms with E-state index in [4.69, 9.17) is 0 Å². The molecule has 0 aliphatic heterocycles. The summed E-state index contributed by atoms with van der Waals surface area (Å²) in [5.41, 5.74) is -0.0783. The lowest BCUT2D eigenvalue weighted by Crippen LogP contribution is -2.65. The van der Waals surface area contributed by atoms with Crippen molar-refractivity contribution in [2.75, 3.05) is 11.9 Å². The van der Waals surface area contributed by atoms with Gasteiger partial charge >= 0.3 is 0 Å². The van der Waals surface area contributed by atoms with Crippen LogP contribution in [-0.4, -0.2) is 48.2 Å². The minimum atomic E-state index is -0.0879. The third kappa shape index (κ3) is 2.99. The summed E-state index contributed by atoms with van der Waals surface area (Å²) in [5, 5.41) is 19.4. The highest BCUT2D eigenvalue weighted by molar-refractivity contribution is 5.91. The molecular formula is C18H24N8O. The number of nitrogens with zero attached hydrogens (tertiary/aromatic N) is 6. The number of aryl methyl sites for hydroxylation is 1. The predicted molar refractivity (Wildman–Crippen MR) is 96.6 cm³/mol. The van der Waals surface area contributed by atoms with Gasteiger partial charge in [0.2, 0.25) is 5.91 Å². The van der Waals surface area contributed by atoms with E-state index in [-0.39, 0.29) is 23.5 Å². The molecule has 2 aromatic rings. The maximum Gasteiger partial charge on any atom is 0.239 e. The first-order valence-corrected chi connectivity index (χ1v) is 9.62. The van der Waals surface area contributed by atoms with Crippen LogP contribution in [0.15, 0.2) is 18.6 Å².